The van der Waals surface area contributed by atoms with Gasteiger partial charge in [-0.15, -0.1) is 0 Å². The van der Waals surface area contributed by atoms with E-state index in [1.54, 1.807) is 13.1 Å². The van der Waals surface area contributed by atoms with Crippen molar-refractivity contribution in [1.29, 1.82) is 5.41 Å². The number of nitrogens with one attached hydrogen (secondary N) is 2. The molecule has 0 aromatic heterocycles. The van der Waals surface area contributed by atoms with E-state index >= 15 is 0 Å². The number of hydrogen-bond donors (Lipinski definition) is 3. The van der Waals surface area contributed by atoms with Crippen LogP contribution < -0.4 is 15.9 Å². The summed E-state index contributed by atoms with van der Waals surface area (Å²) < 4.78 is 18.9. The summed E-state index contributed by atoms with van der Waals surface area (Å²) in [6, 6.07) is 3.11. The Kier molecular flexibility index (Phi) is 4.59. The molecule has 0 bridgehead atoms. The number of benzene rings is 1. The van der Waals surface area contributed by atoms with Crippen LogP contribution in [0, 0.1) is 11.2 Å². The Morgan fingerprint density at radius 1 is 1.65 bits per heavy atom. The fraction of sp³-hybridized carbons (Fsp3) is 0.273. The van der Waals surface area contributed by atoms with Crippen molar-refractivity contribution in [3.05, 3.63) is 29.1 Å². The second-order valence-corrected chi connectivity index (χ2v) is 3.30. The average Bonchev–Trinajstić information content (AvgIpc) is 2.35. The van der Waals surface area contributed by atoms with Gasteiger partial charge in [-0.2, -0.15) is 5.10 Å². The van der Waals surface area contributed by atoms with Crippen molar-refractivity contribution in [2.45, 2.75) is 6.54 Å². The van der Waals surface area contributed by atoms with E-state index in [-0.39, 0.29) is 11.5 Å². The molecule has 1 aromatic carbocycles. The van der Waals surface area contributed by atoms with Crippen molar-refractivity contribution in [3.63, 3.8) is 0 Å². The first kappa shape index (κ1) is 13.1. The van der Waals surface area contributed by atoms with E-state index in [4.69, 9.17) is 16.0 Å². The van der Waals surface area contributed by atoms with Gasteiger partial charge >= 0.3 is 0 Å². The van der Waals surface area contributed by atoms with Gasteiger partial charge in [-0.1, -0.05) is 0 Å². The Hall–Kier alpha value is -1.95. The molecule has 0 amide bonds. The molecule has 17 heavy (non-hydrogen) atoms. The summed E-state index contributed by atoms with van der Waals surface area (Å²) in [5.41, 5.74) is 1.08. The van der Waals surface area contributed by atoms with Crippen LogP contribution in [0.15, 0.2) is 17.2 Å². The van der Waals surface area contributed by atoms with Crippen LogP contribution in [-0.4, -0.2) is 26.1 Å². The van der Waals surface area contributed by atoms with E-state index in [0.717, 1.165) is 6.21 Å². The number of nitrogens with two attached hydrogens (primary N) is 1. The summed E-state index contributed by atoms with van der Waals surface area (Å²) in [6.07, 6.45) is 0.987. The lowest BCUT2D eigenvalue weighted by Gasteiger charge is -2.12. The van der Waals surface area contributed by atoms with Crippen LogP contribution in [0.4, 0.5) is 4.39 Å². The predicted octanol–water partition coefficient (Wildman–Crippen LogP) is 0.866. The number of hydrogen-bond acceptors (Lipinski definition) is 5. The topological polar surface area (TPSA) is 83.5 Å². The Bertz CT molecular complexity index is 445. The van der Waals surface area contributed by atoms with Crippen molar-refractivity contribution in [2.24, 2.45) is 10.9 Å². The van der Waals surface area contributed by atoms with Gasteiger partial charge in [0.25, 0.3) is 0 Å². The fourth-order valence-electron chi connectivity index (χ4n) is 1.53. The zero-order valence-corrected chi connectivity index (χ0v) is 9.75. The summed E-state index contributed by atoms with van der Waals surface area (Å²) in [6.45, 7) is 0.297. The molecule has 0 atom stereocenters. The van der Waals surface area contributed by atoms with Gasteiger partial charge < -0.3 is 21.3 Å². The average molecular weight is 238 g/mol. The Morgan fingerprint density at radius 2 is 2.35 bits per heavy atom. The van der Waals surface area contributed by atoms with E-state index in [0.29, 0.717) is 17.7 Å². The molecule has 1 aromatic rings. The maximum Gasteiger partial charge on any atom is 0.170 e. The molecule has 4 N–H and O–H groups in total. The quantitative estimate of drug-likeness (QED) is 0.404. The molecule has 0 heterocycles. The van der Waals surface area contributed by atoms with Gasteiger partial charge in [-0.05, 0) is 19.2 Å². The van der Waals surface area contributed by atoms with Crippen molar-refractivity contribution in [1.82, 2.24) is 5.32 Å². The highest BCUT2D eigenvalue weighted by Gasteiger charge is 2.16. The molecular formula is C11H15FN4O. The largest absolute Gasteiger partial charge is 0.494 e. The summed E-state index contributed by atoms with van der Waals surface area (Å²) in [5, 5.41) is 13.5. The first-order valence-electron chi connectivity index (χ1n) is 4.98. The van der Waals surface area contributed by atoms with E-state index in [2.05, 4.69) is 10.4 Å². The number of ether oxygens (including phenoxy) is 1. The van der Waals surface area contributed by atoms with Gasteiger partial charge in [-0.25, -0.2) is 4.39 Å². The van der Waals surface area contributed by atoms with Crippen LogP contribution in [0.25, 0.3) is 0 Å². The molecule has 0 saturated heterocycles. The summed E-state index contributed by atoms with van der Waals surface area (Å²) in [5.74, 6) is 4.85. The molecule has 0 fully saturated rings. The highest BCUT2D eigenvalue weighted by molar-refractivity contribution is 6.37. The molecule has 1 rings (SSSR count). The lowest BCUT2D eigenvalue weighted by Crippen LogP contribution is -2.16. The Labute approximate surface area is 99.0 Å². The first-order chi connectivity index (χ1) is 8.19. The molecule has 92 valence electrons. The SMILES string of the molecule is CNCc1c(/C(C=N)=N/N)ccc(OC)c1F. The third-order valence-electron chi connectivity index (χ3n) is 2.33. The van der Waals surface area contributed by atoms with Crippen LogP contribution in [-0.2, 0) is 6.54 Å². The maximum absolute atomic E-state index is 14.0. The van der Waals surface area contributed by atoms with E-state index in [9.17, 15) is 4.39 Å². The second-order valence-electron chi connectivity index (χ2n) is 3.30. The molecule has 0 unspecified atom stereocenters. The number of rotatable bonds is 5. The second kappa shape index (κ2) is 5.95. The number of nitrogens with zero attached hydrogens (tertiary/aromatic N) is 1. The summed E-state index contributed by atoms with van der Waals surface area (Å²) in [7, 11) is 3.10. The van der Waals surface area contributed by atoms with Gasteiger partial charge in [0, 0.05) is 23.9 Å². The number of halogens is 1. The van der Waals surface area contributed by atoms with Gasteiger partial charge in [0.05, 0.1) is 7.11 Å². The Morgan fingerprint density at radius 3 is 2.82 bits per heavy atom. The zero-order valence-electron chi connectivity index (χ0n) is 9.75. The molecule has 6 heteroatoms. The Balaban J connectivity index is 3.40. The van der Waals surface area contributed by atoms with Crippen LogP contribution in [0.5, 0.6) is 5.75 Å². The summed E-state index contributed by atoms with van der Waals surface area (Å²) >= 11 is 0. The van der Waals surface area contributed by atoms with Crippen molar-refractivity contribution < 1.29 is 9.13 Å². The molecule has 0 aliphatic carbocycles. The first-order valence-corrected chi connectivity index (χ1v) is 4.98. The summed E-state index contributed by atoms with van der Waals surface area (Å²) in [4.78, 5) is 0. The lowest BCUT2D eigenvalue weighted by atomic mass is 10.0. The minimum absolute atomic E-state index is 0.153. The highest BCUT2D eigenvalue weighted by Crippen LogP contribution is 2.24. The van der Waals surface area contributed by atoms with Crippen LogP contribution >= 0.6 is 0 Å². The van der Waals surface area contributed by atoms with E-state index < -0.39 is 5.82 Å². The monoisotopic (exact) mass is 238 g/mol. The molecule has 0 radical (unpaired) electrons. The molecule has 0 aliphatic heterocycles. The smallest absolute Gasteiger partial charge is 0.170 e. The number of hydrazone groups is 1. The molecular weight excluding hydrogens is 223 g/mol. The predicted molar refractivity (Wildman–Crippen MR) is 65.2 cm³/mol. The van der Waals surface area contributed by atoms with E-state index in [1.807, 2.05) is 0 Å². The minimum atomic E-state index is -0.470. The van der Waals surface area contributed by atoms with Crippen LogP contribution in [0.2, 0.25) is 0 Å². The molecule has 0 spiro atoms. The van der Waals surface area contributed by atoms with Crippen LogP contribution in [0.1, 0.15) is 11.1 Å². The lowest BCUT2D eigenvalue weighted by molar-refractivity contribution is 0.383. The minimum Gasteiger partial charge on any atom is -0.494 e. The zero-order chi connectivity index (χ0) is 12.8. The van der Waals surface area contributed by atoms with Gasteiger partial charge in [-0.3, -0.25) is 0 Å². The number of methoxy groups -OCH3 is 1. The molecule has 0 saturated carbocycles. The van der Waals surface area contributed by atoms with Gasteiger partial charge in [0.2, 0.25) is 0 Å². The van der Waals surface area contributed by atoms with Crippen molar-refractivity contribution in [2.75, 3.05) is 14.2 Å². The molecule has 0 aliphatic rings. The van der Waals surface area contributed by atoms with Crippen LogP contribution in [0.3, 0.4) is 0 Å². The van der Waals surface area contributed by atoms with Crippen molar-refractivity contribution in [3.8, 4) is 5.75 Å². The standard InChI is InChI=1S/C11H15FN4O/c1-15-6-8-7(9(5-13)16-14)3-4-10(17-2)11(8)12/h3-5,13,15H,6,14H2,1-2H3/b13-5?,16-9+. The maximum atomic E-state index is 14.0. The van der Waals surface area contributed by atoms with E-state index in [1.165, 1.54) is 13.2 Å². The van der Waals surface area contributed by atoms with Gasteiger partial charge in [0.15, 0.2) is 11.6 Å². The van der Waals surface area contributed by atoms with Gasteiger partial charge in [0.1, 0.15) is 5.71 Å². The van der Waals surface area contributed by atoms with Crippen molar-refractivity contribution >= 4 is 11.9 Å². The fourth-order valence-corrected chi connectivity index (χ4v) is 1.53. The molecule has 5 nitrogen and oxygen atoms in total. The third-order valence-corrected chi connectivity index (χ3v) is 2.33. The third kappa shape index (κ3) is 2.59. The normalized spacial score (nSPS) is 11.4. The highest BCUT2D eigenvalue weighted by atomic mass is 19.1.